The third kappa shape index (κ3) is 6.27. The maximum absolute atomic E-state index is 12.4. The Kier molecular flexibility index (Phi) is 8.50. The molecule has 134 valence electrons. The van der Waals surface area contributed by atoms with Crippen molar-refractivity contribution in [2.75, 3.05) is 26.5 Å². The predicted molar refractivity (Wildman–Crippen MR) is 91.7 cm³/mol. The smallest absolute Gasteiger partial charge is 0.244 e. The summed E-state index contributed by atoms with van der Waals surface area (Å²) in [5, 5.41) is 3.08. The number of ether oxygens (including phenoxy) is 1. The van der Waals surface area contributed by atoms with E-state index in [0.29, 0.717) is 0 Å². The van der Waals surface area contributed by atoms with Gasteiger partial charge in [-0.2, -0.15) is 0 Å². The Labute approximate surface area is 144 Å². The highest BCUT2D eigenvalue weighted by Crippen LogP contribution is 2.26. The Bertz CT molecular complexity index is 720. The van der Waals surface area contributed by atoms with Gasteiger partial charge < -0.3 is 10.1 Å². The third-order valence-corrected chi connectivity index (χ3v) is 5.54. The lowest BCUT2D eigenvalue weighted by molar-refractivity contribution is 0.401. The minimum atomic E-state index is -3.88. The van der Waals surface area contributed by atoms with Crippen molar-refractivity contribution in [3.63, 3.8) is 0 Å². The molecule has 0 spiro atoms. The summed E-state index contributed by atoms with van der Waals surface area (Å²) in [5.74, 6) is 0.0935. The summed E-state index contributed by atoms with van der Waals surface area (Å²) in [6.07, 6.45) is 1.02. The minimum absolute atomic E-state index is 0. The van der Waals surface area contributed by atoms with E-state index < -0.39 is 19.9 Å². The van der Waals surface area contributed by atoms with Crippen molar-refractivity contribution in [3.8, 4) is 5.75 Å². The molecular weight excluding hydrogens is 364 g/mol. The maximum Gasteiger partial charge on any atom is 0.244 e. The van der Waals surface area contributed by atoms with Crippen molar-refractivity contribution >= 4 is 32.3 Å². The fraction of sp³-hybridized carbons (Fsp3) is 0.538. The van der Waals surface area contributed by atoms with Crippen molar-refractivity contribution in [2.45, 2.75) is 29.7 Å². The minimum Gasteiger partial charge on any atom is -0.495 e. The van der Waals surface area contributed by atoms with Crippen LogP contribution in [0.25, 0.3) is 0 Å². The molecule has 0 saturated carbocycles. The van der Waals surface area contributed by atoms with Crippen molar-refractivity contribution < 1.29 is 21.6 Å². The molecule has 0 radical (unpaired) electrons. The van der Waals surface area contributed by atoms with Gasteiger partial charge in [0.1, 0.15) is 10.6 Å². The summed E-state index contributed by atoms with van der Waals surface area (Å²) in [6, 6.07) is 3.70. The largest absolute Gasteiger partial charge is 0.495 e. The second-order valence-corrected chi connectivity index (χ2v) is 8.65. The quantitative estimate of drug-likeness (QED) is 0.685. The highest BCUT2D eigenvalue weighted by Gasteiger charge is 2.22. The van der Waals surface area contributed by atoms with E-state index in [4.69, 9.17) is 4.74 Å². The zero-order valence-corrected chi connectivity index (χ0v) is 15.9. The van der Waals surface area contributed by atoms with Gasteiger partial charge in [0.2, 0.25) is 10.0 Å². The van der Waals surface area contributed by atoms with Crippen LogP contribution >= 0.6 is 12.4 Å². The van der Waals surface area contributed by atoms with Crippen molar-refractivity contribution in [1.29, 1.82) is 0 Å². The molecule has 0 bridgehead atoms. The molecule has 10 heteroatoms. The molecule has 1 aromatic carbocycles. The summed E-state index contributed by atoms with van der Waals surface area (Å²) in [7, 11) is -6.06. The fourth-order valence-corrected chi connectivity index (χ4v) is 3.88. The van der Waals surface area contributed by atoms with Crippen LogP contribution in [-0.4, -0.2) is 49.3 Å². The number of hydrogen-bond donors (Lipinski definition) is 2. The molecule has 7 nitrogen and oxygen atoms in total. The van der Waals surface area contributed by atoms with Crippen molar-refractivity contribution in [3.05, 3.63) is 18.2 Å². The molecule has 0 saturated heterocycles. The van der Waals surface area contributed by atoms with Gasteiger partial charge >= 0.3 is 0 Å². The second kappa shape index (κ2) is 8.84. The van der Waals surface area contributed by atoms with Crippen molar-refractivity contribution in [2.24, 2.45) is 0 Å². The van der Waals surface area contributed by atoms with Gasteiger partial charge in [-0.15, -0.1) is 12.4 Å². The van der Waals surface area contributed by atoms with E-state index in [-0.39, 0.29) is 40.5 Å². The maximum atomic E-state index is 12.4. The lowest BCUT2D eigenvalue weighted by atomic mass is 10.3. The van der Waals surface area contributed by atoms with E-state index in [1.807, 2.05) is 13.8 Å². The van der Waals surface area contributed by atoms with Crippen LogP contribution in [0.5, 0.6) is 5.75 Å². The monoisotopic (exact) mass is 386 g/mol. The SMILES string of the molecule is CCN[C@H](C)CNS(=O)(=O)c1cc(S(C)(=O)=O)ccc1OC.Cl. The molecule has 0 unspecified atom stereocenters. The molecule has 0 aliphatic carbocycles. The number of halogens is 1. The lowest BCUT2D eigenvalue weighted by Crippen LogP contribution is -2.38. The average molecular weight is 387 g/mol. The number of methoxy groups -OCH3 is 1. The molecule has 23 heavy (non-hydrogen) atoms. The molecule has 0 fully saturated rings. The first-order chi connectivity index (χ1) is 10.1. The number of hydrogen-bond acceptors (Lipinski definition) is 6. The third-order valence-electron chi connectivity index (χ3n) is 2.98. The summed E-state index contributed by atoms with van der Waals surface area (Å²) < 4.78 is 55.4. The molecule has 0 amide bonds. The Morgan fingerprint density at radius 1 is 1.22 bits per heavy atom. The van der Waals surface area contributed by atoms with Gasteiger partial charge in [0.25, 0.3) is 0 Å². The van der Waals surface area contributed by atoms with Crippen LogP contribution in [-0.2, 0) is 19.9 Å². The van der Waals surface area contributed by atoms with E-state index in [1.165, 1.54) is 19.2 Å². The van der Waals surface area contributed by atoms with E-state index in [2.05, 4.69) is 10.0 Å². The van der Waals surface area contributed by atoms with E-state index in [9.17, 15) is 16.8 Å². The molecule has 0 aromatic heterocycles. The normalized spacial score (nSPS) is 13.2. The van der Waals surface area contributed by atoms with Crippen molar-refractivity contribution in [1.82, 2.24) is 10.0 Å². The molecule has 0 heterocycles. The number of nitrogens with one attached hydrogen (secondary N) is 2. The molecule has 0 aliphatic heterocycles. The highest BCUT2D eigenvalue weighted by molar-refractivity contribution is 7.91. The molecule has 1 atom stereocenters. The average Bonchev–Trinajstić information content (AvgIpc) is 2.44. The first-order valence-corrected chi connectivity index (χ1v) is 10.1. The molecule has 0 aliphatic rings. The number of sulfone groups is 1. The standard InChI is InChI=1S/C13H22N2O5S2.ClH/c1-5-14-10(2)9-15-22(18,19)13-8-11(21(4,16)17)6-7-12(13)20-3;/h6-8,10,14-15H,5,9H2,1-4H3;1H/t10-;/m1./s1. The number of likely N-dealkylation sites (N-methyl/N-ethyl adjacent to an activating group) is 1. The first-order valence-electron chi connectivity index (χ1n) is 6.73. The predicted octanol–water partition coefficient (Wildman–Crippen LogP) is 0.797. The topological polar surface area (TPSA) is 102 Å². The Morgan fingerprint density at radius 2 is 1.83 bits per heavy atom. The number of rotatable bonds is 8. The summed E-state index contributed by atoms with van der Waals surface area (Å²) in [6.45, 7) is 4.66. The van der Waals surface area contributed by atoms with Gasteiger partial charge in [-0.05, 0) is 31.7 Å². The summed E-state index contributed by atoms with van der Waals surface area (Å²) >= 11 is 0. The van der Waals surface area contributed by atoms with E-state index >= 15 is 0 Å². The zero-order valence-electron chi connectivity index (χ0n) is 13.5. The first kappa shape index (κ1) is 22.1. The van der Waals surface area contributed by atoms with Crippen LogP contribution in [0.4, 0.5) is 0 Å². The van der Waals surface area contributed by atoms with Crippen LogP contribution in [0.15, 0.2) is 28.0 Å². The summed E-state index contributed by atoms with van der Waals surface area (Å²) in [4.78, 5) is -0.268. The van der Waals surface area contributed by atoms with Gasteiger partial charge in [-0.3, -0.25) is 0 Å². The Hall–Kier alpha value is -0.870. The fourth-order valence-electron chi connectivity index (χ4n) is 1.83. The van der Waals surface area contributed by atoms with Crippen LogP contribution in [0.3, 0.4) is 0 Å². The van der Waals surface area contributed by atoms with Gasteiger partial charge in [0.15, 0.2) is 9.84 Å². The number of benzene rings is 1. The van der Waals surface area contributed by atoms with Gasteiger partial charge in [0.05, 0.1) is 12.0 Å². The van der Waals surface area contributed by atoms with Crippen LogP contribution in [0.1, 0.15) is 13.8 Å². The van der Waals surface area contributed by atoms with Crippen LogP contribution in [0, 0.1) is 0 Å². The van der Waals surface area contributed by atoms with Gasteiger partial charge in [-0.1, -0.05) is 6.92 Å². The van der Waals surface area contributed by atoms with E-state index in [1.54, 1.807) is 0 Å². The lowest BCUT2D eigenvalue weighted by Gasteiger charge is -2.15. The second-order valence-electron chi connectivity index (χ2n) is 4.90. The Balaban J connectivity index is 0.00000484. The van der Waals surface area contributed by atoms with Crippen LogP contribution < -0.4 is 14.8 Å². The van der Waals surface area contributed by atoms with E-state index in [0.717, 1.165) is 18.9 Å². The van der Waals surface area contributed by atoms with Gasteiger partial charge in [0, 0.05) is 18.8 Å². The highest BCUT2D eigenvalue weighted by atomic mass is 35.5. The number of sulfonamides is 1. The zero-order chi connectivity index (χ0) is 17.0. The molecule has 2 N–H and O–H groups in total. The molecular formula is C13H23ClN2O5S2. The molecule has 1 aromatic rings. The van der Waals surface area contributed by atoms with Gasteiger partial charge in [-0.25, -0.2) is 21.6 Å². The molecule has 1 rings (SSSR count). The summed E-state index contributed by atoms with van der Waals surface area (Å²) in [5.41, 5.74) is 0. The Morgan fingerprint density at radius 3 is 2.30 bits per heavy atom. The van der Waals surface area contributed by atoms with Crippen LogP contribution in [0.2, 0.25) is 0 Å².